The van der Waals surface area contributed by atoms with E-state index in [4.69, 9.17) is 9.47 Å². The van der Waals surface area contributed by atoms with Crippen molar-refractivity contribution in [3.63, 3.8) is 0 Å². The van der Waals surface area contributed by atoms with E-state index in [1.54, 1.807) is 0 Å². The fourth-order valence-electron chi connectivity index (χ4n) is 2.31. The van der Waals surface area contributed by atoms with Gasteiger partial charge in [-0.15, -0.1) is 11.3 Å². The topological polar surface area (TPSA) is 18.5 Å². The minimum Gasteiger partial charge on any atom is -0.485 e. The summed E-state index contributed by atoms with van der Waals surface area (Å²) in [5, 5.41) is 0. The Morgan fingerprint density at radius 1 is 0.909 bits per heavy atom. The third kappa shape index (κ3) is 3.98. The molecule has 0 spiro atoms. The fourth-order valence-corrected chi connectivity index (χ4v) is 3.60. The van der Waals surface area contributed by atoms with Crippen LogP contribution in [-0.4, -0.2) is 12.7 Å². The highest BCUT2D eigenvalue weighted by Crippen LogP contribution is 2.53. The average molecular weight is 327 g/mol. The van der Waals surface area contributed by atoms with Crippen molar-refractivity contribution in [2.75, 3.05) is 6.61 Å². The summed E-state index contributed by atoms with van der Waals surface area (Å²) in [4.78, 5) is 2.61. The Morgan fingerprint density at radius 3 is 1.77 bits per heavy atom. The van der Waals surface area contributed by atoms with E-state index >= 15 is 0 Å². The predicted octanol–water partition coefficient (Wildman–Crippen LogP) is 6.17. The molecule has 0 aliphatic carbocycles. The zero-order valence-electron chi connectivity index (χ0n) is 16.1. The minimum absolute atomic E-state index is 0.0838. The van der Waals surface area contributed by atoms with E-state index in [1.165, 1.54) is 9.75 Å². The van der Waals surface area contributed by atoms with Gasteiger partial charge in [0, 0.05) is 10.8 Å². The quantitative estimate of drug-likeness (QED) is 0.615. The number of thiophene rings is 1. The lowest BCUT2D eigenvalue weighted by atomic mass is 9.91. The van der Waals surface area contributed by atoms with Crippen molar-refractivity contribution in [2.45, 2.75) is 86.2 Å². The van der Waals surface area contributed by atoms with E-state index in [0.29, 0.717) is 12.5 Å². The maximum atomic E-state index is 6.31. The van der Waals surface area contributed by atoms with E-state index < -0.39 is 0 Å². The normalized spacial score (nSPS) is 18.0. The van der Waals surface area contributed by atoms with Crippen LogP contribution in [-0.2, 0) is 10.8 Å². The second kappa shape index (κ2) is 6.82. The molecule has 0 saturated carbocycles. The van der Waals surface area contributed by atoms with Gasteiger partial charge in [0.2, 0.25) is 0 Å². The van der Waals surface area contributed by atoms with Gasteiger partial charge < -0.3 is 9.47 Å². The molecule has 0 radical (unpaired) electrons. The first-order valence-corrected chi connectivity index (χ1v) is 9.30. The smallest absolute Gasteiger partial charge is 0.176 e. The Kier molecular flexibility index (Phi) is 6.00. The number of hydrogen-bond donors (Lipinski definition) is 0. The lowest BCUT2D eigenvalue weighted by molar-refractivity contribution is 0.0571. The summed E-state index contributed by atoms with van der Waals surface area (Å²) in [5.74, 6) is 2.45. The maximum absolute atomic E-state index is 6.31. The summed E-state index contributed by atoms with van der Waals surface area (Å²) in [6.45, 7) is 22.5. The molecule has 1 aliphatic heterocycles. The molecular weight excluding hydrogens is 292 g/mol. The first-order chi connectivity index (χ1) is 10.0. The van der Waals surface area contributed by atoms with Gasteiger partial charge >= 0.3 is 0 Å². The molecular formula is C19H34O2S. The molecule has 0 amide bonds. The Morgan fingerprint density at radius 2 is 1.36 bits per heavy atom. The summed E-state index contributed by atoms with van der Waals surface area (Å²) in [6.07, 6.45) is 0.158. The van der Waals surface area contributed by atoms with Crippen molar-refractivity contribution < 1.29 is 9.47 Å². The lowest BCUT2D eigenvalue weighted by Gasteiger charge is -2.31. The third-order valence-corrected chi connectivity index (χ3v) is 5.59. The molecule has 1 aliphatic rings. The van der Waals surface area contributed by atoms with Gasteiger partial charge in [-0.2, -0.15) is 0 Å². The fraction of sp³-hybridized carbons (Fsp3) is 0.789. The maximum Gasteiger partial charge on any atom is 0.176 e. The van der Waals surface area contributed by atoms with Crippen molar-refractivity contribution >= 4 is 11.3 Å². The first-order valence-electron chi connectivity index (χ1n) is 8.49. The Balaban J connectivity index is 0.00000116. The van der Waals surface area contributed by atoms with Crippen LogP contribution >= 0.6 is 11.3 Å². The highest BCUT2D eigenvalue weighted by molar-refractivity contribution is 7.13. The standard InChI is InChI=1S/C17H28O2S.C2H6/c1-10(2)11-9-18-12-13(19-11)15(17(6,7)8)20-14(12)16(3,4)5;1-2/h10-11H,9H2,1-8H3;1-2H3. The molecule has 0 aromatic carbocycles. The number of fused-ring (bicyclic) bond motifs is 1. The predicted molar refractivity (Wildman–Crippen MR) is 97.8 cm³/mol. The van der Waals surface area contributed by atoms with Gasteiger partial charge in [0.15, 0.2) is 11.5 Å². The molecule has 1 aromatic rings. The van der Waals surface area contributed by atoms with Gasteiger partial charge in [-0.25, -0.2) is 0 Å². The van der Waals surface area contributed by atoms with Crippen molar-refractivity contribution in [1.82, 2.24) is 0 Å². The zero-order valence-corrected chi connectivity index (χ0v) is 16.9. The van der Waals surface area contributed by atoms with Crippen LogP contribution in [0.15, 0.2) is 0 Å². The minimum atomic E-state index is 0.0838. The van der Waals surface area contributed by atoms with Gasteiger partial charge in [-0.1, -0.05) is 69.2 Å². The second-order valence-corrected chi connectivity index (χ2v) is 9.15. The first kappa shape index (κ1) is 19.3. The summed E-state index contributed by atoms with van der Waals surface area (Å²) in [6, 6.07) is 0. The lowest BCUT2D eigenvalue weighted by Crippen LogP contribution is -2.34. The highest BCUT2D eigenvalue weighted by atomic mass is 32.1. The van der Waals surface area contributed by atoms with Crippen LogP contribution in [0.25, 0.3) is 0 Å². The van der Waals surface area contributed by atoms with E-state index in [0.717, 1.165) is 11.5 Å². The molecule has 1 aromatic heterocycles. The number of rotatable bonds is 1. The van der Waals surface area contributed by atoms with Crippen molar-refractivity contribution in [2.24, 2.45) is 5.92 Å². The molecule has 2 heterocycles. The molecule has 0 bridgehead atoms. The zero-order chi connectivity index (χ0) is 17.3. The monoisotopic (exact) mass is 326 g/mol. The van der Waals surface area contributed by atoms with Crippen LogP contribution in [0, 0.1) is 5.92 Å². The molecule has 1 atom stereocenters. The summed E-state index contributed by atoms with van der Waals surface area (Å²) < 4.78 is 12.4. The molecule has 0 N–H and O–H groups in total. The van der Waals surface area contributed by atoms with E-state index in [2.05, 4.69) is 55.4 Å². The Bertz CT molecular complexity index is 487. The summed E-state index contributed by atoms with van der Waals surface area (Å²) in [7, 11) is 0. The molecule has 2 nitrogen and oxygen atoms in total. The van der Waals surface area contributed by atoms with Crippen LogP contribution in [0.4, 0.5) is 0 Å². The summed E-state index contributed by atoms with van der Waals surface area (Å²) >= 11 is 1.85. The van der Waals surface area contributed by atoms with Crippen LogP contribution < -0.4 is 9.47 Å². The third-order valence-electron chi connectivity index (χ3n) is 3.59. The second-order valence-electron chi connectivity index (χ2n) is 8.13. The SMILES string of the molecule is CC.CC(C)C1COc2c(C(C)(C)C)sc(C(C)(C)C)c2O1. The molecule has 3 heteroatoms. The van der Waals surface area contributed by atoms with Crippen LogP contribution in [0.3, 0.4) is 0 Å². The van der Waals surface area contributed by atoms with Crippen LogP contribution in [0.2, 0.25) is 0 Å². The van der Waals surface area contributed by atoms with Crippen LogP contribution in [0.1, 0.15) is 79.0 Å². The van der Waals surface area contributed by atoms with Gasteiger partial charge in [-0.3, -0.25) is 0 Å². The van der Waals surface area contributed by atoms with Crippen molar-refractivity contribution in [3.05, 3.63) is 9.75 Å². The molecule has 2 rings (SSSR count). The van der Waals surface area contributed by atoms with E-state index in [9.17, 15) is 0 Å². The van der Waals surface area contributed by atoms with Gasteiger partial charge in [0.05, 0.1) is 9.75 Å². The van der Waals surface area contributed by atoms with E-state index in [1.807, 2.05) is 25.2 Å². The molecule has 1 unspecified atom stereocenters. The number of hydrogen-bond acceptors (Lipinski definition) is 3. The van der Waals surface area contributed by atoms with E-state index in [-0.39, 0.29) is 16.9 Å². The Labute approximate surface area is 141 Å². The van der Waals surface area contributed by atoms with Crippen molar-refractivity contribution in [3.8, 4) is 11.5 Å². The Hall–Kier alpha value is -0.700. The molecule has 0 fully saturated rings. The van der Waals surface area contributed by atoms with Gasteiger partial charge in [-0.05, 0) is 5.92 Å². The van der Waals surface area contributed by atoms with Gasteiger partial charge in [0.1, 0.15) is 12.7 Å². The molecule has 128 valence electrons. The van der Waals surface area contributed by atoms with Crippen molar-refractivity contribution in [1.29, 1.82) is 0 Å². The largest absolute Gasteiger partial charge is 0.485 e. The molecule has 0 saturated heterocycles. The average Bonchev–Trinajstić information content (AvgIpc) is 2.79. The summed E-state index contributed by atoms with van der Waals surface area (Å²) in [5.41, 5.74) is 0.173. The van der Waals surface area contributed by atoms with Crippen LogP contribution in [0.5, 0.6) is 11.5 Å². The number of ether oxygens (including phenoxy) is 2. The van der Waals surface area contributed by atoms with Gasteiger partial charge in [0.25, 0.3) is 0 Å². The highest BCUT2D eigenvalue weighted by Gasteiger charge is 2.37. The molecule has 22 heavy (non-hydrogen) atoms.